The molecular weight excluding hydrogens is 430 g/mol. The topological polar surface area (TPSA) is 37.6 Å². The Balaban J connectivity index is 1.45. The van der Waals surface area contributed by atoms with Gasteiger partial charge in [-0.25, -0.2) is 5.01 Å². The maximum atomic E-state index is 13.7. The zero-order valence-corrected chi connectivity index (χ0v) is 19.3. The number of rotatable bonds is 5. The van der Waals surface area contributed by atoms with Crippen molar-refractivity contribution in [3.63, 3.8) is 0 Å². The van der Waals surface area contributed by atoms with Crippen molar-refractivity contribution in [3.05, 3.63) is 144 Å². The smallest absolute Gasteiger partial charge is 0.274 e. The predicted octanol–water partition coefficient (Wildman–Crippen LogP) is 6.68. The third kappa shape index (κ3) is 4.04. The molecule has 0 aliphatic carbocycles. The lowest BCUT2D eigenvalue weighted by molar-refractivity contribution is 0.0712. The van der Waals surface area contributed by atoms with E-state index in [1.54, 1.807) is 5.01 Å². The molecule has 170 valence electrons. The highest BCUT2D eigenvalue weighted by molar-refractivity contribution is 6.05. The second-order valence-electron chi connectivity index (χ2n) is 8.86. The lowest BCUT2D eigenvalue weighted by Crippen LogP contribution is -2.27. The summed E-state index contributed by atoms with van der Waals surface area (Å²) in [5.41, 5.74) is 6.14. The van der Waals surface area contributed by atoms with E-state index in [9.17, 15) is 4.79 Å². The van der Waals surface area contributed by atoms with Gasteiger partial charge in [0.15, 0.2) is 0 Å². The first-order chi connectivity index (χ1) is 17.3. The summed E-state index contributed by atoms with van der Waals surface area (Å²) in [4.78, 5) is 13.7. The van der Waals surface area contributed by atoms with E-state index in [2.05, 4.69) is 71.4 Å². The highest BCUT2D eigenvalue weighted by Crippen LogP contribution is 2.38. The van der Waals surface area contributed by atoms with Gasteiger partial charge >= 0.3 is 0 Å². The summed E-state index contributed by atoms with van der Waals surface area (Å²) in [5.74, 6) is -0.0820. The Morgan fingerprint density at radius 2 is 1.40 bits per heavy atom. The molecule has 1 aliphatic heterocycles. The molecule has 5 aromatic rings. The molecule has 0 fully saturated rings. The molecule has 0 spiro atoms. The van der Waals surface area contributed by atoms with Gasteiger partial charge in [0.05, 0.1) is 11.8 Å². The molecule has 0 N–H and O–H groups in total. The van der Waals surface area contributed by atoms with Crippen LogP contribution in [0.3, 0.4) is 0 Å². The SMILES string of the molecule is O=C(c1ccccc1)N1N=C(c2ccccc2)CC1c1cn(Cc2ccccc2)c2ccccc12. The Labute approximate surface area is 204 Å². The van der Waals surface area contributed by atoms with Crippen LogP contribution in [0.2, 0.25) is 0 Å². The average Bonchev–Trinajstić information content (AvgIpc) is 3.52. The zero-order valence-electron chi connectivity index (χ0n) is 19.3. The number of hydrogen-bond donors (Lipinski definition) is 0. The number of aromatic nitrogens is 1. The molecule has 35 heavy (non-hydrogen) atoms. The fourth-order valence-electron chi connectivity index (χ4n) is 4.91. The fraction of sp³-hybridized carbons (Fsp3) is 0.0968. The summed E-state index contributed by atoms with van der Waals surface area (Å²) in [5, 5.41) is 7.73. The molecule has 0 saturated heterocycles. The molecule has 1 aromatic heterocycles. The van der Waals surface area contributed by atoms with Crippen LogP contribution in [0.5, 0.6) is 0 Å². The molecule has 1 unspecified atom stereocenters. The van der Waals surface area contributed by atoms with Crippen LogP contribution in [0.25, 0.3) is 10.9 Å². The van der Waals surface area contributed by atoms with Gasteiger partial charge in [-0.3, -0.25) is 4.79 Å². The van der Waals surface area contributed by atoms with Crippen molar-refractivity contribution in [2.75, 3.05) is 0 Å². The van der Waals surface area contributed by atoms with Crippen LogP contribution in [-0.2, 0) is 6.54 Å². The van der Waals surface area contributed by atoms with E-state index in [0.29, 0.717) is 12.0 Å². The van der Waals surface area contributed by atoms with E-state index < -0.39 is 0 Å². The maximum Gasteiger partial charge on any atom is 0.274 e. The van der Waals surface area contributed by atoms with Gasteiger partial charge < -0.3 is 4.57 Å². The van der Waals surface area contributed by atoms with E-state index in [1.807, 2.05) is 54.6 Å². The van der Waals surface area contributed by atoms with Crippen LogP contribution in [0.4, 0.5) is 0 Å². The lowest BCUT2D eigenvalue weighted by Gasteiger charge is -2.21. The molecule has 0 bridgehead atoms. The molecule has 0 saturated carbocycles. The first-order valence-corrected chi connectivity index (χ1v) is 11.9. The lowest BCUT2D eigenvalue weighted by atomic mass is 9.97. The standard InChI is InChI=1S/C31H25N3O/c35-31(25-16-8-3-9-17-25)34-30(20-28(32-34)24-14-6-2-7-15-24)27-22-33(21-23-12-4-1-5-13-23)29-19-11-10-18-26(27)29/h1-19,22,30H,20-21H2. The number of fused-ring (bicyclic) bond motifs is 1. The van der Waals surface area contributed by atoms with Gasteiger partial charge in [-0.05, 0) is 29.3 Å². The minimum absolute atomic E-state index is 0.0820. The molecule has 2 heterocycles. The summed E-state index contributed by atoms with van der Waals surface area (Å²) in [6.45, 7) is 0.771. The second kappa shape index (κ2) is 9.07. The van der Waals surface area contributed by atoms with Crippen molar-refractivity contribution < 1.29 is 4.79 Å². The highest BCUT2D eigenvalue weighted by atomic mass is 16.2. The third-order valence-electron chi connectivity index (χ3n) is 6.62. The van der Waals surface area contributed by atoms with Gasteiger partial charge in [-0.15, -0.1) is 0 Å². The fourth-order valence-corrected chi connectivity index (χ4v) is 4.91. The third-order valence-corrected chi connectivity index (χ3v) is 6.62. The van der Waals surface area contributed by atoms with Crippen molar-refractivity contribution >= 4 is 22.5 Å². The summed E-state index contributed by atoms with van der Waals surface area (Å²) < 4.78 is 2.28. The van der Waals surface area contributed by atoms with Gasteiger partial charge in [0.1, 0.15) is 0 Å². The Bertz CT molecular complexity index is 1500. The zero-order chi connectivity index (χ0) is 23.6. The number of carbonyl (C=O) groups is 1. The highest BCUT2D eigenvalue weighted by Gasteiger charge is 2.35. The van der Waals surface area contributed by atoms with Crippen LogP contribution in [0.15, 0.2) is 127 Å². The van der Waals surface area contributed by atoms with E-state index >= 15 is 0 Å². The van der Waals surface area contributed by atoms with Gasteiger partial charge in [-0.2, -0.15) is 5.10 Å². The number of nitrogens with zero attached hydrogens (tertiary/aromatic N) is 3. The number of amides is 1. The largest absolute Gasteiger partial charge is 0.343 e. The quantitative estimate of drug-likeness (QED) is 0.291. The number of hydrogen-bond acceptors (Lipinski definition) is 2. The number of hydrazone groups is 1. The maximum absolute atomic E-state index is 13.7. The summed E-state index contributed by atoms with van der Waals surface area (Å²) in [7, 11) is 0. The number of carbonyl (C=O) groups excluding carboxylic acids is 1. The number of para-hydroxylation sites is 1. The van der Waals surface area contributed by atoms with Crippen molar-refractivity contribution in [2.24, 2.45) is 5.10 Å². The van der Waals surface area contributed by atoms with E-state index in [0.717, 1.165) is 34.3 Å². The molecule has 0 radical (unpaired) electrons. The second-order valence-corrected chi connectivity index (χ2v) is 8.86. The predicted molar refractivity (Wildman–Crippen MR) is 140 cm³/mol. The van der Waals surface area contributed by atoms with Crippen LogP contribution < -0.4 is 0 Å². The Kier molecular flexibility index (Phi) is 5.47. The molecule has 4 nitrogen and oxygen atoms in total. The molecule has 4 aromatic carbocycles. The summed E-state index contributed by atoms with van der Waals surface area (Å²) >= 11 is 0. The Hall–Kier alpha value is -4.44. The minimum Gasteiger partial charge on any atom is -0.343 e. The van der Waals surface area contributed by atoms with Crippen LogP contribution in [0, 0.1) is 0 Å². The van der Waals surface area contributed by atoms with Crippen molar-refractivity contribution in [1.82, 2.24) is 9.58 Å². The molecule has 6 rings (SSSR count). The van der Waals surface area contributed by atoms with Gasteiger partial charge in [0.25, 0.3) is 5.91 Å². The molecular formula is C31H25N3O. The van der Waals surface area contributed by atoms with Gasteiger partial charge in [0.2, 0.25) is 0 Å². The van der Waals surface area contributed by atoms with Crippen molar-refractivity contribution in [2.45, 2.75) is 19.0 Å². The van der Waals surface area contributed by atoms with E-state index in [1.165, 1.54) is 5.56 Å². The summed E-state index contributed by atoms with van der Waals surface area (Å²) in [6, 6.07) is 38.3. The van der Waals surface area contributed by atoms with Gasteiger partial charge in [-0.1, -0.05) is 97.1 Å². The normalized spacial score (nSPS) is 15.4. The molecule has 1 amide bonds. The molecule has 1 aliphatic rings. The average molecular weight is 456 g/mol. The number of benzene rings is 4. The van der Waals surface area contributed by atoms with E-state index in [4.69, 9.17) is 5.10 Å². The Morgan fingerprint density at radius 1 is 0.771 bits per heavy atom. The first-order valence-electron chi connectivity index (χ1n) is 11.9. The van der Waals surface area contributed by atoms with Crippen LogP contribution in [0.1, 0.15) is 39.5 Å². The van der Waals surface area contributed by atoms with Crippen LogP contribution >= 0.6 is 0 Å². The molecule has 1 atom stereocenters. The first kappa shape index (κ1) is 21.1. The monoisotopic (exact) mass is 455 g/mol. The molecule has 4 heteroatoms. The Morgan fingerprint density at radius 3 is 2.14 bits per heavy atom. The summed E-state index contributed by atoms with van der Waals surface area (Å²) in [6.07, 6.45) is 2.87. The minimum atomic E-state index is -0.181. The van der Waals surface area contributed by atoms with Crippen molar-refractivity contribution in [3.8, 4) is 0 Å². The van der Waals surface area contributed by atoms with Crippen LogP contribution in [-0.4, -0.2) is 21.2 Å². The van der Waals surface area contributed by atoms with Crippen molar-refractivity contribution in [1.29, 1.82) is 0 Å². The van der Waals surface area contributed by atoms with E-state index in [-0.39, 0.29) is 11.9 Å². The van der Waals surface area contributed by atoms with Gasteiger partial charge in [0, 0.05) is 41.2 Å².